The Kier molecular flexibility index (Phi) is 6.26. The molecule has 2 aliphatic rings. The Balaban J connectivity index is 0.000000197. The maximum atomic E-state index is 10.8. The predicted octanol–water partition coefficient (Wildman–Crippen LogP) is 3.02. The molecule has 0 unspecified atom stereocenters. The largest absolute Gasteiger partial charge is 0.481 e. The Hall–Kier alpha value is -1.70. The van der Waals surface area contributed by atoms with Crippen molar-refractivity contribution in [3.05, 3.63) is 41.5 Å². The lowest BCUT2D eigenvalue weighted by atomic mass is 9.53. The third kappa shape index (κ3) is 4.52. The van der Waals surface area contributed by atoms with Crippen LogP contribution >= 0.6 is 0 Å². The van der Waals surface area contributed by atoms with E-state index in [-0.39, 0.29) is 16.7 Å². The van der Waals surface area contributed by atoms with Gasteiger partial charge in [0.2, 0.25) is 0 Å². The van der Waals surface area contributed by atoms with Crippen LogP contribution in [-0.4, -0.2) is 30.6 Å². The Labute approximate surface area is 154 Å². The van der Waals surface area contributed by atoms with Crippen molar-refractivity contribution in [3.63, 3.8) is 0 Å². The lowest BCUT2D eigenvalue weighted by Crippen LogP contribution is -2.51. The SMILES string of the molecule is CCC1=C[C@@H]2[C@H](C1)C[C@]2(CN)CC(=O)O.Cc1ccc(S(=O)(=O)O)cc1. The van der Waals surface area contributed by atoms with Crippen LogP contribution in [0.15, 0.2) is 40.8 Å². The van der Waals surface area contributed by atoms with Crippen LogP contribution in [0.25, 0.3) is 0 Å². The molecule has 0 aliphatic heterocycles. The third-order valence-electron chi connectivity index (χ3n) is 5.51. The van der Waals surface area contributed by atoms with E-state index in [1.165, 1.54) is 24.1 Å². The number of aryl methyl sites for hydroxylation is 1. The molecule has 0 aromatic heterocycles. The smallest absolute Gasteiger partial charge is 0.303 e. The van der Waals surface area contributed by atoms with Gasteiger partial charge < -0.3 is 10.8 Å². The average Bonchev–Trinajstić information content (AvgIpc) is 2.90. The Bertz CT molecular complexity index is 785. The van der Waals surface area contributed by atoms with Crippen molar-refractivity contribution >= 4 is 16.1 Å². The zero-order valence-corrected chi connectivity index (χ0v) is 16.0. The molecule has 0 amide bonds. The van der Waals surface area contributed by atoms with Crippen LogP contribution in [0.4, 0.5) is 0 Å². The zero-order valence-electron chi connectivity index (χ0n) is 15.2. The minimum atomic E-state index is -4.02. The highest BCUT2D eigenvalue weighted by Gasteiger charge is 2.54. The van der Waals surface area contributed by atoms with Gasteiger partial charge in [-0.2, -0.15) is 8.42 Å². The summed E-state index contributed by atoms with van der Waals surface area (Å²) in [5, 5.41) is 8.91. The van der Waals surface area contributed by atoms with E-state index in [9.17, 15) is 13.2 Å². The fourth-order valence-electron chi connectivity index (χ4n) is 4.05. The van der Waals surface area contributed by atoms with Crippen molar-refractivity contribution in [3.8, 4) is 0 Å². The molecular weight excluding hydrogens is 354 g/mol. The van der Waals surface area contributed by atoms with Gasteiger partial charge in [-0.15, -0.1) is 0 Å². The molecule has 4 N–H and O–H groups in total. The maximum absolute atomic E-state index is 10.8. The van der Waals surface area contributed by atoms with Crippen molar-refractivity contribution in [2.24, 2.45) is 23.0 Å². The summed E-state index contributed by atoms with van der Waals surface area (Å²) in [5.41, 5.74) is 8.08. The summed E-state index contributed by atoms with van der Waals surface area (Å²) in [6, 6.07) is 5.99. The van der Waals surface area contributed by atoms with Crippen molar-refractivity contribution in [2.75, 3.05) is 6.54 Å². The second kappa shape index (κ2) is 7.90. The second-order valence-corrected chi connectivity index (χ2v) is 8.72. The number of fused-ring (bicyclic) bond motifs is 1. The number of carboxylic acid groups (broad SMARTS) is 1. The molecule has 1 aromatic rings. The molecule has 0 saturated heterocycles. The molecule has 6 nitrogen and oxygen atoms in total. The first kappa shape index (κ1) is 20.6. The molecule has 3 atom stereocenters. The van der Waals surface area contributed by atoms with Crippen LogP contribution in [-0.2, 0) is 14.9 Å². The van der Waals surface area contributed by atoms with Crippen LogP contribution in [0.5, 0.6) is 0 Å². The number of benzene rings is 1. The highest BCUT2D eigenvalue weighted by atomic mass is 32.2. The molecule has 3 rings (SSSR count). The van der Waals surface area contributed by atoms with E-state index in [4.69, 9.17) is 15.4 Å². The van der Waals surface area contributed by atoms with E-state index < -0.39 is 16.1 Å². The summed E-state index contributed by atoms with van der Waals surface area (Å²) in [7, 11) is -4.02. The lowest BCUT2D eigenvalue weighted by molar-refractivity contribution is -0.144. The van der Waals surface area contributed by atoms with Crippen LogP contribution in [0, 0.1) is 24.2 Å². The van der Waals surface area contributed by atoms with Crippen LogP contribution < -0.4 is 5.73 Å². The summed E-state index contributed by atoms with van der Waals surface area (Å²) in [5.74, 6) is 0.411. The van der Waals surface area contributed by atoms with Crippen molar-refractivity contribution in [1.29, 1.82) is 0 Å². The van der Waals surface area contributed by atoms with E-state index >= 15 is 0 Å². The Morgan fingerprint density at radius 3 is 2.38 bits per heavy atom. The second-order valence-electron chi connectivity index (χ2n) is 7.30. The summed E-state index contributed by atoms with van der Waals surface area (Å²) in [4.78, 5) is 10.8. The molecule has 1 saturated carbocycles. The first-order valence-electron chi connectivity index (χ1n) is 8.77. The average molecular weight is 381 g/mol. The van der Waals surface area contributed by atoms with Gasteiger partial charge >= 0.3 is 5.97 Å². The van der Waals surface area contributed by atoms with Crippen molar-refractivity contribution in [2.45, 2.75) is 44.4 Å². The lowest BCUT2D eigenvalue weighted by Gasteiger charge is -2.51. The van der Waals surface area contributed by atoms with Gasteiger partial charge in [-0.1, -0.05) is 36.3 Å². The van der Waals surface area contributed by atoms with Crippen LogP contribution in [0.2, 0.25) is 0 Å². The minimum Gasteiger partial charge on any atom is -0.481 e. The number of rotatable bonds is 5. The van der Waals surface area contributed by atoms with Gasteiger partial charge in [0.25, 0.3) is 10.1 Å². The molecule has 1 aromatic carbocycles. The standard InChI is InChI=1S/C12H19NO2.C7H8O3S/c1-2-8-3-9-5-12(7-13,6-11(14)15)10(9)4-8;1-6-2-4-7(5-3-6)11(8,9)10/h4,9-10H,2-3,5-7,13H2,1H3,(H,14,15);2-5H,1H3,(H,8,9,10)/t9-,10-,12-;/m1./s1. The highest BCUT2D eigenvalue weighted by molar-refractivity contribution is 7.85. The predicted molar refractivity (Wildman–Crippen MR) is 99.3 cm³/mol. The first-order valence-corrected chi connectivity index (χ1v) is 10.2. The normalized spacial score (nSPS) is 26.8. The van der Waals surface area contributed by atoms with Crippen molar-refractivity contribution < 1.29 is 22.9 Å². The van der Waals surface area contributed by atoms with Gasteiger partial charge in [-0.25, -0.2) is 0 Å². The van der Waals surface area contributed by atoms with E-state index in [1.807, 2.05) is 6.92 Å². The van der Waals surface area contributed by atoms with E-state index in [1.54, 1.807) is 12.1 Å². The number of nitrogens with two attached hydrogens (primary N) is 1. The molecular formula is C19H27NO5S. The molecule has 0 radical (unpaired) electrons. The molecule has 2 aliphatic carbocycles. The molecule has 144 valence electrons. The maximum Gasteiger partial charge on any atom is 0.303 e. The highest BCUT2D eigenvalue weighted by Crippen LogP contribution is 2.59. The molecule has 1 fully saturated rings. The monoisotopic (exact) mass is 381 g/mol. The van der Waals surface area contributed by atoms with Crippen molar-refractivity contribution in [1.82, 2.24) is 0 Å². The third-order valence-corrected chi connectivity index (χ3v) is 6.37. The topological polar surface area (TPSA) is 118 Å². The molecule has 26 heavy (non-hydrogen) atoms. The van der Waals surface area contributed by atoms with Gasteiger partial charge in [0.1, 0.15) is 0 Å². The Morgan fingerprint density at radius 1 is 1.31 bits per heavy atom. The van der Waals surface area contributed by atoms with Gasteiger partial charge in [-0.05, 0) is 62.1 Å². The molecule has 0 spiro atoms. The van der Waals surface area contributed by atoms with E-state index in [2.05, 4.69) is 13.0 Å². The molecule has 0 heterocycles. The van der Waals surface area contributed by atoms with Gasteiger partial charge in [-0.3, -0.25) is 9.35 Å². The molecule has 0 bridgehead atoms. The summed E-state index contributed by atoms with van der Waals surface area (Å²) in [6.45, 7) is 4.51. The zero-order chi connectivity index (χ0) is 19.5. The number of carboxylic acids is 1. The fourth-order valence-corrected chi connectivity index (χ4v) is 4.53. The number of carbonyl (C=O) groups is 1. The van der Waals surface area contributed by atoms with Gasteiger partial charge in [0, 0.05) is 0 Å². The number of aliphatic carboxylic acids is 1. The minimum absolute atomic E-state index is 0.0666. The van der Waals surface area contributed by atoms with Gasteiger partial charge in [0.15, 0.2) is 0 Å². The Morgan fingerprint density at radius 2 is 1.92 bits per heavy atom. The van der Waals surface area contributed by atoms with Crippen LogP contribution in [0.3, 0.4) is 0 Å². The van der Waals surface area contributed by atoms with E-state index in [0.29, 0.717) is 18.4 Å². The number of hydrogen-bond acceptors (Lipinski definition) is 4. The number of hydrogen-bond donors (Lipinski definition) is 3. The summed E-state index contributed by atoms with van der Waals surface area (Å²) in [6.07, 6.45) is 5.80. The molecule has 7 heteroatoms. The first-order chi connectivity index (χ1) is 12.1. The van der Waals surface area contributed by atoms with Crippen LogP contribution in [0.1, 0.15) is 38.2 Å². The summed E-state index contributed by atoms with van der Waals surface area (Å²) < 4.78 is 29.6. The fraction of sp³-hybridized carbons (Fsp3) is 0.526. The van der Waals surface area contributed by atoms with Gasteiger partial charge in [0.05, 0.1) is 11.3 Å². The van der Waals surface area contributed by atoms with E-state index in [0.717, 1.165) is 18.4 Å². The summed E-state index contributed by atoms with van der Waals surface area (Å²) >= 11 is 0. The number of allylic oxidation sites excluding steroid dienone is 2. The quantitative estimate of drug-likeness (QED) is 0.533.